The molecule has 1 saturated carbocycles. The molecule has 6 rings (SSSR count). The number of fused-ring (bicyclic) bond motifs is 4. The number of carboxylic acid groups (broad SMARTS) is 1. The predicted octanol–water partition coefficient (Wildman–Crippen LogP) is 5.96. The topological polar surface area (TPSA) is 69.6 Å². The summed E-state index contributed by atoms with van der Waals surface area (Å²) in [6.45, 7) is 7.86. The third-order valence-corrected chi connectivity index (χ3v) is 9.69. The Labute approximate surface area is 231 Å². The summed E-state index contributed by atoms with van der Waals surface area (Å²) in [5.74, 6) is 0.590. The van der Waals surface area contributed by atoms with E-state index in [4.69, 9.17) is 5.11 Å². The lowest BCUT2D eigenvalue weighted by Crippen LogP contribution is -2.58. The van der Waals surface area contributed by atoms with Gasteiger partial charge < -0.3 is 10.4 Å². The summed E-state index contributed by atoms with van der Waals surface area (Å²) in [6, 6.07) is 22.2. The quantitative estimate of drug-likeness (QED) is 0.383. The first-order valence-corrected chi connectivity index (χ1v) is 14.4. The number of nitrogens with one attached hydrogen (secondary N) is 1. The van der Waals surface area contributed by atoms with E-state index in [-0.39, 0.29) is 16.9 Å². The zero-order chi connectivity index (χ0) is 27.1. The number of hydrogen-bond donors (Lipinski definition) is 2. The van der Waals surface area contributed by atoms with E-state index in [2.05, 4.69) is 48.3 Å². The smallest absolute Gasteiger partial charge is 0.335 e. The summed E-state index contributed by atoms with van der Waals surface area (Å²) >= 11 is 0. The molecule has 1 heterocycles. The molecule has 2 fully saturated rings. The first-order valence-electron chi connectivity index (χ1n) is 14.4. The van der Waals surface area contributed by atoms with E-state index in [0.717, 1.165) is 47.4 Å². The second-order valence-electron chi connectivity index (χ2n) is 12.1. The molecule has 0 aromatic heterocycles. The number of piperidine rings is 1. The molecule has 1 aliphatic heterocycles. The summed E-state index contributed by atoms with van der Waals surface area (Å²) in [5, 5.41) is 12.2. The number of amides is 1. The van der Waals surface area contributed by atoms with Crippen molar-refractivity contribution in [2.75, 3.05) is 19.6 Å². The second-order valence-corrected chi connectivity index (χ2v) is 12.1. The molecule has 2 N–H and O–H groups in total. The number of rotatable bonds is 8. The minimum Gasteiger partial charge on any atom is -0.478 e. The van der Waals surface area contributed by atoms with Gasteiger partial charge in [0.15, 0.2) is 0 Å². The largest absolute Gasteiger partial charge is 0.478 e. The fraction of sp³-hybridized carbons (Fsp3) is 0.412. The maximum atomic E-state index is 13.1. The lowest BCUT2D eigenvalue weighted by Gasteiger charge is -2.55. The van der Waals surface area contributed by atoms with Crippen molar-refractivity contribution in [3.8, 4) is 11.1 Å². The number of carbonyl (C=O) groups excluding carboxylic acids is 1. The van der Waals surface area contributed by atoms with Gasteiger partial charge in [-0.15, -0.1) is 0 Å². The minimum atomic E-state index is -0.920. The standard InChI is InChI=1S/C34H38N2O3/c1-22-31-20-28-13-14-29(19-30(28)34(22,2)16-18-36(31)21-24-3-4-24)32(37)35-17-15-23-5-7-25(8-6-23)26-9-11-27(12-10-26)33(38)39/h5-14,19,22,24,31H,3-4,15-18,20-21H2,1-2H3,(H,35,37)(H,38,39)/t22-,31?,34-/m0/s1. The van der Waals surface area contributed by atoms with E-state index in [1.165, 1.54) is 37.1 Å². The molecule has 2 aliphatic carbocycles. The Kier molecular flexibility index (Phi) is 6.80. The van der Waals surface area contributed by atoms with Gasteiger partial charge in [0.25, 0.3) is 5.91 Å². The Bertz CT molecular complexity index is 1380. The first-order chi connectivity index (χ1) is 18.8. The molecule has 1 unspecified atom stereocenters. The maximum absolute atomic E-state index is 13.1. The zero-order valence-corrected chi connectivity index (χ0v) is 23.0. The molecule has 0 radical (unpaired) electrons. The highest BCUT2D eigenvalue weighted by Crippen LogP contribution is 2.49. The van der Waals surface area contributed by atoms with E-state index in [1.807, 2.05) is 30.3 Å². The first kappa shape index (κ1) is 25.8. The molecule has 202 valence electrons. The number of carboxylic acids is 1. The molecule has 1 amide bonds. The normalized spacial score (nSPS) is 24.2. The molecule has 5 heteroatoms. The fourth-order valence-electron chi connectivity index (χ4n) is 6.80. The third kappa shape index (κ3) is 5.12. The lowest BCUT2D eigenvalue weighted by atomic mass is 9.59. The van der Waals surface area contributed by atoms with Crippen LogP contribution in [0.5, 0.6) is 0 Å². The van der Waals surface area contributed by atoms with Crippen LogP contribution in [0, 0.1) is 11.8 Å². The summed E-state index contributed by atoms with van der Waals surface area (Å²) in [5.41, 5.74) is 7.16. The van der Waals surface area contributed by atoms with Crippen molar-refractivity contribution in [3.05, 3.63) is 94.5 Å². The van der Waals surface area contributed by atoms with Crippen molar-refractivity contribution in [1.82, 2.24) is 10.2 Å². The number of carbonyl (C=O) groups is 2. The minimum absolute atomic E-state index is 0.00233. The maximum Gasteiger partial charge on any atom is 0.335 e. The molecular weight excluding hydrogens is 484 g/mol. The number of likely N-dealkylation sites (tertiary alicyclic amines) is 1. The molecule has 3 aliphatic rings. The van der Waals surface area contributed by atoms with Crippen molar-refractivity contribution in [2.24, 2.45) is 11.8 Å². The Morgan fingerprint density at radius 3 is 2.31 bits per heavy atom. The van der Waals surface area contributed by atoms with E-state index < -0.39 is 5.97 Å². The Morgan fingerprint density at radius 2 is 1.64 bits per heavy atom. The van der Waals surface area contributed by atoms with Crippen LogP contribution in [0.4, 0.5) is 0 Å². The van der Waals surface area contributed by atoms with Crippen molar-refractivity contribution in [3.63, 3.8) is 0 Å². The molecule has 0 spiro atoms. The van der Waals surface area contributed by atoms with Crippen LogP contribution in [-0.2, 0) is 18.3 Å². The van der Waals surface area contributed by atoms with Crippen LogP contribution < -0.4 is 5.32 Å². The average Bonchev–Trinajstić information content (AvgIpc) is 3.77. The molecule has 39 heavy (non-hydrogen) atoms. The van der Waals surface area contributed by atoms with Crippen LogP contribution in [0.3, 0.4) is 0 Å². The van der Waals surface area contributed by atoms with Crippen LogP contribution in [0.25, 0.3) is 11.1 Å². The van der Waals surface area contributed by atoms with Crippen LogP contribution >= 0.6 is 0 Å². The predicted molar refractivity (Wildman–Crippen MR) is 154 cm³/mol. The van der Waals surface area contributed by atoms with Gasteiger partial charge in [0.2, 0.25) is 0 Å². The number of hydrogen-bond acceptors (Lipinski definition) is 3. The van der Waals surface area contributed by atoms with E-state index in [9.17, 15) is 9.59 Å². The zero-order valence-electron chi connectivity index (χ0n) is 23.0. The number of nitrogens with zero attached hydrogens (tertiary/aromatic N) is 1. The molecule has 2 bridgehead atoms. The monoisotopic (exact) mass is 522 g/mol. The van der Waals surface area contributed by atoms with E-state index >= 15 is 0 Å². The van der Waals surface area contributed by atoms with Gasteiger partial charge in [-0.1, -0.05) is 56.3 Å². The van der Waals surface area contributed by atoms with Crippen LogP contribution in [0.1, 0.15) is 70.5 Å². The molecule has 5 nitrogen and oxygen atoms in total. The SMILES string of the molecule is C[C@H]1C2Cc3ccc(C(=O)NCCc4ccc(-c5ccc(C(=O)O)cc5)cc4)cc3[C@@]1(C)CCN2CC1CC1. The third-order valence-electron chi connectivity index (χ3n) is 9.69. The van der Waals surface area contributed by atoms with Crippen LogP contribution in [0.2, 0.25) is 0 Å². The molecule has 3 aromatic rings. The average molecular weight is 523 g/mol. The Morgan fingerprint density at radius 1 is 0.974 bits per heavy atom. The van der Waals surface area contributed by atoms with Crippen molar-refractivity contribution in [1.29, 1.82) is 0 Å². The van der Waals surface area contributed by atoms with Gasteiger partial charge in [0.05, 0.1) is 5.56 Å². The Balaban J connectivity index is 1.07. The molecule has 3 aromatic carbocycles. The van der Waals surface area contributed by atoms with Crippen molar-refractivity contribution in [2.45, 2.75) is 57.4 Å². The highest BCUT2D eigenvalue weighted by Gasteiger charge is 2.49. The van der Waals surface area contributed by atoms with Crippen molar-refractivity contribution < 1.29 is 14.7 Å². The lowest BCUT2D eigenvalue weighted by molar-refractivity contribution is 0.0284. The number of benzene rings is 3. The molecule has 1 saturated heterocycles. The van der Waals surface area contributed by atoms with E-state index in [1.54, 1.807) is 12.1 Å². The summed E-state index contributed by atoms with van der Waals surface area (Å²) in [6.07, 6.45) is 5.82. The van der Waals surface area contributed by atoms with Gasteiger partial charge in [-0.05, 0) is 108 Å². The van der Waals surface area contributed by atoms with Crippen LogP contribution in [-0.4, -0.2) is 47.6 Å². The molecular formula is C34H38N2O3. The summed E-state index contributed by atoms with van der Waals surface area (Å²) < 4.78 is 0. The highest BCUT2D eigenvalue weighted by molar-refractivity contribution is 5.94. The fourth-order valence-corrected chi connectivity index (χ4v) is 6.80. The number of aromatic carboxylic acids is 1. The van der Waals surface area contributed by atoms with Gasteiger partial charge in [-0.3, -0.25) is 9.69 Å². The van der Waals surface area contributed by atoms with Gasteiger partial charge in [0.1, 0.15) is 0 Å². The second kappa shape index (κ2) is 10.3. The Hall–Kier alpha value is -3.44. The van der Waals surface area contributed by atoms with Gasteiger partial charge in [0, 0.05) is 24.7 Å². The van der Waals surface area contributed by atoms with Gasteiger partial charge in [-0.25, -0.2) is 4.79 Å². The molecule has 3 atom stereocenters. The van der Waals surface area contributed by atoms with E-state index in [0.29, 0.717) is 18.5 Å². The summed E-state index contributed by atoms with van der Waals surface area (Å²) in [4.78, 5) is 26.9. The summed E-state index contributed by atoms with van der Waals surface area (Å²) in [7, 11) is 0. The van der Waals surface area contributed by atoms with Gasteiger partial charge in [-0.2, -0.15) is 0 Å². The highest BCUT2D eigenvalue weighted by atomic mass is 16.4. The van der Waals surface area contributed by atoms with Gasteiger partial charge >= 0.3 is 5.97 Å². The van der Waals surface area contributed by atoms with Crippen molar-refractivity contribution >= 4 is 11.9 Å². The van der Waals surface area contributed by atoms with Crippen LogP contribution in [0.15, 0.2) is 66.7 Å².